The van der Waals surface area contributed by atoms with Gasteiger partial charge in [0.2, 0.25) is 0 Å². The van der Waals surface area contributed by atoms with E-state index < -0.39 is 44.2 Å². The van der Waals surface area contributed by atoms with Crippen LogP contribution in [0.3, 0.4) is 0 Å². The van der Waals surface area contributed by atoms with Crippen molar-refractivity contribution in [3.05, 3.63) is 0 Å². The van der Waals surface area contributed by atoms with E-state index in [-0.39, 0.29) is 20.0 Å². The molecule has 0 rings (SSSR count). The summed E-state index contributed by atoms with van der Waals surface area (Å²) in [7, 11) is -5.81. The molecule has 0 saturated carbocycles. The van der Waals surface area contributed by atoms with Crippen molar-refractivity contribution in [1.82, 2.24) is 0 Å². The van der Waals surface area contributed by atoms with Crippen LogP contribution in [-0.2, 0) is 17.7 Å². The predicted molar refractivity (Wildman–Crippen MR) is 157 cm³/mol. The van der Waals surface area contributed by atoms with Crippen molar-refractivity contribution >= 4 is 90.6 Å². The number of halogens is 4. The summed E-state index contributed by atoms with van der Waals surface area (Å²) >= 11 is 26.0. The van der Waals surface area contributed by atoms with Crippen LogP contribution in [0.4, 0.5) is 0 Å². The molecule has 0 aliphatic carbocycles. The van der Waals surface area contributed by atoms with Gasteiger partial charge in [0.05, 0.1) is 35.2 Å². The van der Waals surface area contributed by atoms with Crippen molar-refractivity contribution in [3.63, 3.8) is 0 Å². The zero-order valence-electron chi connectivity index (χ0n) is 21.6. The number of rotatable bonds is 20. The first kappa shape index (κ1) is 35.1. The molecule has 0 aromatic heterocycles. The van der Waals surface area contributed by atoms with Gasteiger partial charge in [-0.25, -0.2) is 0 Å². The third-order valence-corrected chi connectivity index (χ3v) is 19.6. The molecule has 0 heterocycles. The highest BCUT2D eigenvalue weighted by molar-refractivity contribution is 6.68. The molecule has 4 unspecified atom stereocenters. The first-order valence-corrected chi connectivity index (χ1v) is 25.3. The van der Waals surface area contributed by atoms with E-state index in [2.05, 4.69) is 52.4 Å². The topological polar surface area (TPSA) is 36.9 Å². The Balaban J connectivity index is 5.33. The van der Waals surface area contributed by atoms with Gasteiger partial charge in [-0.15, -0.1) is 46.4 Å². The van der Waals surface area contributed by atoms with E-state index in [0.717, 1.165) is 25.7 Å². The van der Waals surface area contributed by atoms with Gasteiger partial charge in [0.25, 0.3) is 0 Å². The van der Waals surface area contributed by atoms with E-state index in [1.54, 1.807) is 0 Å². The van der Waals surface area contributed by atoms with Gasteiger partial charge < -0.3 is 17.7 Å². The molecule has 0 amide bonds. The largest absolute Gasteiger partial charge is 0.679 e. The second kappa shape index (κ2) is 19.2. The number of hydrogen-bond donors (Lipinski definition) is 0. The van der Waals surface area contributed by atoms with Crippen molar-refractivity contribution in [2.24, 2.45) is 0 Å². The molecule has 0 bridgehead atoms. The third-order valence-electron chi connectivity index (χ3n) is 5.11. The first-order chi connectivity index (χ1) is 15.3. The lowest BCUT2D eigenvalue weighted by Crippen LogP contribution is -2.51. The second-order valence-corrected chi connectivity index (χ2v) is 26.4. The number of hydrogen-bond acceptors (Lipinski definition) is 4. The smallest absolute Gasteiger partial charge is 0.351 e. The van der Waals surface area contributed by atoms with Gasteiger partial charge in [-0.2, -0.15) is 0 Å². The normalized spacial score (nSPS) is 18.2. The van der Waals surface area contributed by atoms with Crippen molar-refractivity contribution in [1.29, 1.82) is 0 Å². The predicted octanol–water partition coefficient (Wildman–Crippen LogP) is 6.65. The van der Waals surface area contributed by atoms with Crippen LogP contribution in [-0.4, -0.2) is 90.7 Å². The molecule has 0 aliphatic rings. The van der Waals surface area contributed by atoms with Gasteiger partial charge in [-0.3, -0.25) is 0 Å². The summed E-state index contributed by atoms with van der Waals surface area (Å²) in [5.74, 6) is 0. The molecule has 0 aliphatic heterocycles. The van der Waals surface area contributed by atoms with Gasteiger partial charge in [0.15, 0.2) is 0 Å². The molecule has 33 heavy (non-hydrogen) atoms. The minimum Gasteiger partial charge on any atom is -0.351 e. The van der Waals surface area contributed by atoms with Gasteiger partial charge in [-0.1, -0.05) is 52.4 Å². The zero-order chi connectivity index (χ0) is 25.6. The Hall–Kier alpha value is 2.08. The van der Waals surface area contributed by atoms with E-state index >= 15 is 0 Å². The highest BCUT2D eigenvalue weighted by Crippen LogP contribution is 2.20. The van der Waals surface area contributed by atoms with Crippen molar-refractivity contribution < 1.29 is 17.7 Å². The third kappa shape index (κ3) is 16.5. The van der Waals surface area contributed by atoms with Crippen molar-refractivity contribution in [2.45, 2.75) is 98.1 Å². The standard InChI is InChI=1S/C20H44Cl4O4Si5/c1-29(2)17(21)9-13-25-33(26-14-10-18(22)30(3)4,27-15-11-19(23)31(5)6)28-16-12-20(24)32(7)8/h17-20H,9-16H2,1-8H3. The summed E-state index contributed by atoms with van der Waals surface area (Å²) in [5.41, 5.74) is 0. The van der Waals surface area contributed by atoms with Gasteiger partial charge in [0.1, 0.15) is 0 Å². The van der Waals surface area contributed by atoms with Crippen molar-refractivity contribution in [3.8, 4) is 0 Å². The Labute approximate surface area is 231 Å². The van der Waals surface area contributed by atoms with Crippen LogP contribution < -0.4 is 0 Å². The fourth-order valence-electron chi connectivity index (χ4n) is 2.55. The second-order valence-electron chi connectivity index (χ2n) is 9.23. The summed E-state index contributed by atoms with van der Waals surface area (Å²) in [6, 6.07) is 0. The Bertz CT molecular complexity index is 410. The SMILES string of the molecule is C[Si](C)C(Cl)CCO[Si](OCCC(Cl)[Si](C)C)(OCCC(Cl)[Si](C)C)OCCC(Cl)[Si](C)C. The Morgan fingerprint density at radius 2 is 0.636 bits per heavy atom. The highest BCUT2D eigenvalue weighted by atomic mass is 35.5. The summed E-state index contributed by atoms with van der Waals surface area (Å²) in [6.45, 7) is 19.4. The highest BCUT2D eigenvalue weighted by Gasteiger charge is 2.46. The summed E-state index contributed by atoms with van der Waals surface area (Å²) < 4.78 is 25.1. The van der Waals surface area contributed by atoms with E-state index in [1.165, 1.54) is 0 Å². The molecular formula is C20H44Cl4O4Si5. The lowest BCUT2D eigenvalue weighted by molar-refractivity contribution is -0.0353. The fourth-order valence-corrected chi connectivity index (χ4v) is 7.66. The summed E-state index contributed by atoms with van der Waals surface area (Å²) in [4.78, 5) is 0. The molecular weight excluding hydrogens is 586 g/mol. The van der Waals surface area contributed by atoms with Gasteiger partial charge in [-0.05, 0) is 25.7 Å². The molecule has 0 spiro atoms. The maximum Gasteiger partial charge on any atom is 0.679 e. The number of alkyl halides is 4. The van der Waals surface area contributed by atoms with Gasteiger partial charge in [0, 0.05) is 46.4 Å². The lowest BCUT2D eigenvalue weighted by Gasteiger charge is -2.30. The van der Waals surface area contributed by atoms with Crippen molar-refractivity contribution in [2.75, 3.05) is 26.4 Å². The molecule has 13 heteroatoms. The van der Waals surface area contributed by atoms with Gasteiger partial charge >= 0.3 is 9.05 Å². The van der Waals surface area contributed by atoms with Crippen LogP contribution in [0.15, 0.2) is 0 Å². The molecule has 4 radical (unpaired) electrons. The molecule has 0 saturated heterocycles. The molecule has 0 aromatic rings. The minimum atomic E-state index is -3.39. The van der Waals surface area contributed by atoms with E-state index in [1.807, 2.05) is 0 Å². The molecule has 4 atom stereocenters. The quantitative estimate of drug-likeness (QED) is 0.112. The summed E-state index contributed by atoms with van der Waals surface area (Å²) in [5, 5.41) is 0.479. The summed E-state index contributed by atoms with van der Waals surface area (Å²) in [6.07, 6.45) is 2.97. The van der Waals surface area contributed by atoms with Crippen LogP contribution in [0.2, 0.25) is 52.4 Å². The Kier molecular flexibility index (Phi) is 20.4. The average Bonchev–Trinajstić information content (AvgIpc) is 2.72. The van der Waals surface area contributed by atoms with E-state index in [9.17, 15) is 0 Å². The molecule has 0 N–H and O–H groups in total. The molecule has 0 aromatic carbocycles. The van der Waals surface area contributed by atoms with Crippen LogP contribution in [0, 0.1) is 0 Å². The van der Waals surface area contributed by atoms with Crippen LogP contribution in [0.25, 0.3) is 0 Å². The van der Waals surface area contributed by atoms with Crippen LogP contribution in [0.1, 0.15) is 25.7 Å². The fraction of sp³-hybridized carbons (Fsp3) is 1.00. The Morgan fingerprint density at radius 1 is 0.455 bits per heavy atom. The minimum absolute atomic E-state index is 0.120. The maximum absolute atomic E-state index is 6.50. The average molecular weight is 631 g/mol. The maximum atomic E-state index is 6.50. The molecule has 4 nitrogen and oxygen atoms in total. The molecule has 196 valence electrons. The van der Waals surface area contributed by atoms with E-state index in [0.29, 0.717) is 26.4 Å². The van der Waals surface area contributed by atoms with Crippen LogP contribution >= 0.6 is 46.4 Å². The molecule has 0 fully saturated rings. The van der Waals surface area contributed by atoms with Crippen LogP contribution in [0.5, 0.6) is 0 Å². The lowest BCUT2D eigenvalue weighted by atomic mass is 10.5. The van der Waals surface area contributed by atoms with E-state index in [4.69, 9.17) is 64.1 Å². The Morgan fingerprint density at radius 3 is 0.788 bits per heavy atom. The zero-order valence-corrected chi connectivity index (χ0v) is 29.6. The first-order valence-electron chi connectivity index (χ1n) is 11.6. The monoisotopic (exact) mass is 628 g/mol.